The smallest absolute Gasteiger partial charge is 0.355 e. The van der Waals surface area contributed by atoms with Crippen molar-refractivity contribution in [1.29, 1.82) is 0 Å². The SMILES string of the molecule is CCOC(=O)c1cn(CC(=O)c2ccc(Cl)c(F)c2)c(C(=O)OCC)c1C1CC1. The number of ketones is 1. The predicted octanol–water partition coefficient (Wildman–Crippen LogP) is 4.39. The topological polar surface area (TPSA) is 74.6 Å². The maximum Gasteiger partial charge on any atom is 0.355 e. The van der Waals surface area contributed by atoms with Gasteiger partial charge in [-0.15, -0.1) is 0 Å². The molecule has 3 rings (SSSR count). The second-order valence-corrected chi connectivity index (χ2v) is 7.11. The first-order valence-corrected chi connectivity index (χ1v) is 9.80. The predicted molar refractivity (Wildman–Crippen MR) is 104 cm³/mol. The molecule has 1 aromatic carbocycles. The summed E-state index contributed by atoms with van der Waals surface area (Å²) in [5.74, 6) is -2.26. The summed E-state index contributed by atoms with van der Waals surface area (Å²) in [5.41, 5.74) is 1.09. The molecule has 29 heavy (non-hydrogen) atoms. The Kier molecular flexibility index (Phi) is 6.37. The van der Waals surface area contributed by atoms with Crippen LogP contribution in [0.2, 0.25) is 5.02 Å². The number of rotatable bonds is 8. The lowest BCUT2D eigenvalue weighted by atomic mass is 10.1. The highest BCUT2D eigenvalue weighted by atomic mass is 35.5. The second kappa shape index (κ2) is 8.78. The van der Waals surface area contributed by atoms with Gasteiger partial charge in [0.1, 0.15) is 11.5 Å². The first-order chi connectivity index (χ1) is 13.9. The van der Waals surface area contributed by atoms with Crippen LogP contribution in [0.4, 0.5) is 4.39 Å². The van der Waals surface area contributed by atoms with Crippen molar-refractivity contribution < 1.29 is 28.2 Å². The molecule has 1 aliphatic rings. The van der Waals surface area contributed by atoms with Crippen molar-refractivity contribution in [3.63, 3.8) is 0 Å². The van der Waals surface area contributed by atoms with Crippen molar-refractivity contribution in [1.82, 2.24) is 4.57 Å². The third kappa shape index (κ3) is 4.50. The van der Waals surface area contributed by atoms with E-state index in [0.717, 1.165) is 18.9 Å². The van der Waals surface area contributed by atoms with Gasteiger partial charge in [-0.1, -0.05) is 11.6 Å². The molecular weight excluding hydrogens is 401 g/mol. The molecule has 0 spiro atoms. The minimum atomic E-state index is -0.707. The van der Waals surface area contributed by atoms with Crippen LogP contribution in [0, 0.1) is 5.82 Å². The molecule has 0 unspecified atom stereocenters. The number of halogens is 2. The van der Waals surface area contributed by atoms with Gasteiger partial charge < -0.3 is 14.0 Å². The van der Waals surface area contributed by atoms with Crippen LogP contribution in [-0.4, -0.2) is 35.5 Å². The number of hydrogen-bond acceptors (Lipinski definition) is 5. The highest BCUT2D eigenvalue weighted by Gasteiger charge is 2.37. The van der Waals surface area contributed by atoms with E-state index in [1.165, 1.54) is 22.9 Å². The third-order valence-corrected chi connectivity index (χ3v) is 4.93. The number of carbonyl (C=O) groups is 3. The van der Waals surface area contributed by atoms with E-state index in [2.05, 4.69) is 0 Å². The number of aromatic nitrogens is 1. The lowest BCUT2D eigenvalue weighted by Crippen LogP contribution is -2.18. The summed E-state index contributed by atoms with van der Waals surface area (Å²) in [5, 5.41) is -0.0876. The van der Waals surface area contributed by atoms with Gasteiger partial charge in [-0.3, -0.25) is 4.79 Å². The Morgan fingerprint density at radius 1 is 1.14 bits per heavy atom. The number of Topliss-reactive ketones (excluding diaryl/α,β-unsaturated/α-hetero) is 1. The number of hydrogen-bond donors (Lipinski definition) is 0. The largest absolute Gasteiger partial charge is 0.462 e. The Morgan fingerprint density at radius 2 is 1.79 bits per heavy atom. The van der Waals surface area contributed by atoms with E-state index in [4.69, 9.17) is 21.1 Å². The maximum absolute atomic E-state index is 13.7. The molecule has 1 heterocycles. The zero-order valence-corrected chi connectivity index (χ0v) is 16.9. The van der Waals surface area contributed by atoms with Crippen LogP contribution >= 0.6 is 11.6 Å². The van der Waals surface area contributed by atoms with Crippen molar-refractivity contribution in [2.45, 2.75) is 39.2 Å². The Bertz CT molecular complexity index is 964. The van der Waals surface area contributed by atoms with E-state index < -0.39 is 23.5 Å². The summed E-state index contributed by atoms with van der Waals surface area (Å²) in [6.45, 7) is 3.45. The fraction of sp³-hybridized carbons (Fsp3) is 0.381. The van der Waals surface area contributed by atoms with Crippen molar-refractivity contribution in [3.8, 4) is 0 Å². The highest BCUT2D eigenvalue weighted by Crippen LogP contribution is 2.44. The summed E-state index contributed by atoms with van der Waals surface area (Å²) >= 11 is 5.67. The van der Waals surface area contributed by atoms with E-state index in [9.17, 15) is 18.8 Å². The molecule has 1 aromatic heterocycles. The van der Waals surface area contributed by atoms with E-state index >= 15 is 0 Å². The average molecular weight is 422 g/mol. The second-order valence-electron chi connectivity index (χ2n) is 6.70. The lowest BCUT2D eigenvalue weighted by Gasteiger charge is -2.10. The monoisotopic (exact) mass is 421 g/mol. The summed E-state index contributed by atoms with van der Waals surface area (Å²) in [7, 11) is 0. The van der Waals surface area contributed by atoms with Crippen LogP contribution in [0.15, 0.2) is 24.4 Å². The van der Waals surface area contributed by atoms with Crippen molar-refractivity contribution in [3.05, 3.63) is 57.6 Å². The standard InChI is InChI=1S/C21H21ClFNO5/c1-3-28-20(26)14-10-24(11-17(25)13-7-8-15(22)16(23)9-13)19(21(27)29-4-2)18(14)12-5-6-12/h7-10,12H,3-6,11H2,1-2H3. The van der Waals surface area contributed by atoms with Gasteiger partial charge in [0.25, 0.3) is 0 Å². The van der Waals surface area contributed by atoms with Gasteiger partial charge in [0, 0.05) is 17.3 Å². The number of esters is 2. The van der Waals surface area contributed by atoms with Gasteiger partial charge in [0.15, 0.2) is 5.78 Å². The lowest BCUT2D eigenvalue weighted by molar-refractivity contribution is 0.0511. The van der Waals surface area contributed by atoms with Gasteiger partial charge in [0.2, 0.25) is 0 Å². The Hall–Kier alpha value is -2.67. The first-order valence-electron chi connectivity index (χ1n) is 9.42. The fourth-order valence-electron chi connectivity index (χ4n) is 3.20. The normalized spacial score (nSPS) is 13.2. The van der Waals surface area contributed by atoms with Crippen LogP contribution in [-0.2, 0) is 16.0 Å². The Balaban J connectivity index is 2.02. The highest BCUT2D eigenvalue weighted by molar-refractivity contribution is 6.30. The minimum absolute atomic E-state index is 0.0399. The van der Waals surface area contributed by atoms with Crippen LogP contribution in [0.1, 0.15) is 69.4 Å². The molecule has 154 valence electrons. The molecule has 1 aliphatic carbocycles. The number of nitrogens with zero attached hydrogens (tertiary/aromatic N) is 1. The molecule has 0 N–H and O–H groups in total. The van der Waals surface area contributed by atoms with Crippen LogP contribution in [0.25, 0.3) is 0 Å². The maximum atomic E-state index is 13.7. The third-order valence-electron chi connectivity index (χ3n) is 4.62. The summed E-state index contributed by atoms with van der Waals surface area (Å²) in [6.07, 6.45) is 3.11. The van der Waals surface area contributed by atoms with Gasteiger partial charge in [-0.25, -0.2) is 14.0 Å². The van der Waals surface area contributed by atoms with Gasteiger partial charge in [-0.05, 0) is 50.8 Å². The van der Waals surface area contributed by atoms with E-state index in [1.807, 2.05) is 0 Å². The molecule has 0 saturated heterocycles. The molecule has 6 nitrogen and oxygen atoms in total. The number of benzene rings is 1. The van der Waals surface area contributed by atoms with Crippen molar-refractivity contribution >= 4 is 29.3 Å². The Morgan fingerprint density at radius 3 is 2.38 bits per heavy atom. The molecule has 0 amide bonds. The van der Waals surface area contributed by atoms with Crippen molar-refractivity contribution in [2.24, 2.45) is 0 Å². The van der Waals surface area contributed by atoms with E-state index in [1.54, 1.807) is 13.8 Å². The van der Waals surface area contributed by atoms with E-state index in [-0.39, 0.29) is 47.5 Å². The molecule has 1 fully saturated rings. The average Bonchev–Trinajstić information content (AvgIpc) is 3.45. The number of carbonyl (C=O) groups excluding carboxylic acids is 3. The zero-order valence-electron chi connectivity index (χ0n) is 16.2. The number of ether oxygens (including phenoxy) is 2. The molecule has 2 aromatic rings. The minimum Gasteiger partial charge on any atom is -0.462 e. The molecule has 0 atom stereocenters. The molecule has 0 bridgehead atoms. The van der Waals surface area contributed by atoms with E-state index in [0.29, 0.717) is 5.56 Å². The zero-order chi connectivity index (χ0) is 21.1. The fourth-order valence-corrected chi connectivity index (χ4v) is 3.31. The van der Waals surface area contributed by atoms with Crippen LogP contribution in [0.5, 0.6) is 0 Å². The molecule has 1 saturated carbocycles. The van der Waals surface area contributed by atoms with Crippen LogP contribution < -0.4 is 0 Å². The van der Waals surface area contributed by atoms with Gasteiger partial charge in [0.05, 0.1) is 30.3 Å². The quantitative estimate of drug-likeness (QED) is 0.466. The van der Waals surface area contributed by atoms with Gasteiger partial charge >= 0.3 is 11.9 Å². The van der Waals surface area contributed by atoms with Crippen molar-refractivity contribution in [2.75, 3.05) is 13.2 Å². The molecular formula is C21H21ClFNO5. The summed E-state index contributed by atoms with van der Waals surface area (Å²) in [4.78, 5) is 37.8. The van der Waals surface area contributed by atoms with Crippen LogP contribution in [0.3, 0.4) is 0 Å². The summed E-state index contributed by atoms with van der Waals surface area (Å²) in [6, 6.07) is 3.76. The molecule has 8 heteroatoms. The first kappa shape index (κ1) is 21.0. The van der Waals surface area contributed by atoms with Gasteiger partial charge in [-0.2, -0.15) is 0 Å². The molecule has 0 aliphatic heterocycles. The Labute approximate surface area is 172 Å². The summed E-state index contributed by atoms with van der Waals surface area (Å²) < 4.78 is 25.4. The molecule has 0 radical (unpaired) electrons.